The van der Waals surface area contributed by atoms with Crippen molar-refractivity contribution in [2.75, 3.05) is 10.6 Å². The first-order valence-electron chi connectivity index (χ1n) is 5.59. The molecule has 1 heterocycles. The average molecular weight is 313 g/mol. The third-order valence-corrected chi connectivity index (χ3v) is 3.21. The third kappa shape index (κ3) is 3.51. The number of carbonyl (C=O) groups is 2. The highest BCUT2D eigenvalue weighted by atomic mass is 32.1. The van der Waals surface area contributed by atoms with Crippen molar-refractivity contribution in [3.63, 3.8) is 0 Å². The minimum Gasteiger partial charge on any atom is -0.478 e. The Morgan fingerprint density at radius 2 is 1.95 bits per heavy atom. The van der Waals surface area contributed by atoms with Crippen LogP contribution in [0.4, 0.5) is 24.4 Å². The highest BCUT2D eigenvalue weighted by Crippen LogP contribution is 2.21. The zero-order chi connectivity index (χ0) is 15.6. The molecule has 0 unspecified atom stereocenters. The SMILES string of the molecule is Cc1cnc(NC(=O)Nc2cc(C(=O)O)c(F)cc2F)s1. The molecule has 1 aromatic carbocycles. The maximum absolute atomic E-state index is 13.5. The molecule has 9 heteroatoms. The highest BCUT2D eigenvalue weighted by Gasteiger charge is 2.17. The summed E-state index contributed by atoms with van der Waals surface area (Å²) in [7, 11) is 0. The molecule has 1 aromatic heterocycles. The van der Waals surface area contributed by atoms with Crippen molar-refractivity contribution < 1.29 is 23.5 Å². The molecule has 21 heavy (non-hydrogen) atoms. The number of anilines is 2. The van der Waals surface area contributed by atoms with E-state index in [4.69, 9.17) is 5.11 Å². The number of urea groups is 1. The van der Waals surface area contributed by atoms with Gasteiger partial charge < -0.3 is 10.4 Å². The minimum atomic E-state index is -1.56. The van der Waals surface area contributed by atoms with Gasteiger partial charge in [-0.1, -0.05) is 0 Å². The number of carboxylic acid groups (broad SMARTS) is 1. The fourth-order valence-corrected chi connectivity index (χ4v) is 2.13. The van der Waals surface area contributed by atoms with Crippen LogP contribution in [0.5, 0.6) is 0 Å². The molecule has 0 bridgehead atoms. The molecule has 0 aliphatic heterocycles. The molecule has 0 atom stereocenters. The number of nitrogens with one attached hydrogen (secondary N) is 2. The van der Waals surface area contributed by atoms with Gasteiger partial charge in [0.1, 0.15) is 11.6 Å². The van der Waals surface area contributed by atoms with Crippen LogP contribution in [0.2, 0.25) is 0 Å². The Labute approximate surface area is 121 Å². The number of hydrogen-bond donors (Lipinski definition) is 3. The van der Waals surface area contributed by atoms with Crippen LogP contribution < -0.4 is 10.6 Å². The Morgan fingerprint density at radius 1 is 1.24 bits per heavy atom. The fourth-order valence-electron chi connectivity index (χ4n) is 1.47. The van der Waals surface area contributed by atoms with Crippen LogP contribution >= 0.6 is 11.3 Å². The van der Waals surface area contributed by atoms with Crippen molar-refractivity contribution >= 4 is 34.2 Å². The third-order valence-electron chi connectivity index (χ3n) is 2.38. The van der Waals surface area contributed by atoms with Gasteiger partial charge in [-0.2, -0.15) is 0 Å². The van der Waals surface area contributed by atoms with E-state index in [9.17, 15) is 18.4 Å². The van der Waals surface area contributed by atoms with E-state index in [1.807, 2.05) is 0 Å². The largest absolute Gasteiger partial charge is 0.478 e. The van der Waals surface area contributed by atoms with E-state index >= 15 is 0 Å². The molecule has 0 radical (unpaired) electrons. The van der Waals surface area contributed by atoms with Gasteiger partial charge in [-0.05, 0) is 13.0 Å². The predicted octanol–water partition coefficient (Wildman–Crippen LogP) is 3.07. The van der Waals surface area contributed by atoms with E-state index < -0.39 is 34.9 Å². The molecule has 0 aliphatic rings. The number of aryl methyl sites for hydroxylation is 1. The second-order valence-electron chi connectivity index (χ2n) is 3.97. The smallest absolute Gasteiger partial charge is 0.338 e. The Bertz CT molecular complexity index is 718. The number of amides is 2. The summed E-state index contributed by atoms with van der Waals surface area (Å²) in [5, 5.41) is 13.5. The number of benzene rings is 1. The lowest BCUT2D eigenvalue weighted by molar-refractivity contribution is 0.0692. The van der Waals surface area contributed by atoms with Crippen LogP contribution in [-0.2, 0) is 0 Å². The molecule has 110 valence electrons. The topological polar surface area (TPSA) is 91.3 Å². The number of hydrogen-bond acceptors (Lipinski definition) is 4. The van der Waals surface area contributed by atoms with Gasteiger partial charge in [-0.25, -0.2) is 23.4 Å². The first-order valence-corrected chi connectivity index (χ1v) is 6.41. The summed E-state index contributed by atoms with van der Waals surface area (Å²) < 4.78 is 26.7. The fraction of sp³-hybridized carbons (Fsp3) is 0.0833. The molecule has 0 aliphatic carbocycles. The monoisotopic (exact) mass is 313 g/mol. The van der Waals surface area contributed by atoms with E-state index in [0.29, 0.717) is 17.3 Å². The van der Waals surface area contributed by atoms with Crippen molar-refractivity contribution in [2.24, 2.45) is 0 Å². The average Bonchev–Trinajstić information content (AvgIpc) is 2.77. The molecule has 0 spiro atoms. The zero-order valence-electron chi connectivity index (χ0n) is 10.6. The van der Waals surface area contributed by atoms with Crippen LogP contribution in [0.3, 0.4) is 0 Å². The van der Waals surface area contributed by atoms with Gasteiger partial charge in [0.2, 0.25) is 0 Å². The van der Waals surface area contributed by atoms with Gasteiger partial charge >= 0.3 is 12.0 Å². The number of nitrogens with zero attached hydrogens (tertiary/aromatic N) is 1. The second-order valence-corrected chi connectivity index (χ2v) is 5.21. The molecule has 0 fully saturated rings. The van der Waals surface area contributed by atoms with Crippen molar-refractivity contribution in [3.8, 4) is 0 Å². The lowest BCUT2D eigenvalue weighted by Gasteiger charge is -2.08. The molecule has 2 amide bonds. The molecule has 3 N–H and O–H groups in total. The first kappa shape index (κ1) is 14.9. The van der Waals surface area contributed by atoms with E-state index in [1.54, 1.807) is 13.1 Å². The molecule has 0 saturated carbocycles. The molecular weight excluding hydrogens is 304 g/mol. The summed E-state index contributed by atoms with van der Waals surface area (Å²) in [5.74, 6) is -3.86. The summed E-state index contributed by atoms with van der Waals surface area (Å²) in [6.07, 6.45) is 1.54. The predicted molar refractivity (Wildman–Crippen MR) is 72.8 cm³/mol. The number of aromatic nitrogens is 1. The maximum atomic E-state index is 13.5. The highest BCUT2D eigenvalue weighted by molar-refractivity contribution is 7.15. The van der Waals surface area contributed by atoms with Crippen molar-refractivity contribution in [1.29, 1.82) is 0 Å². The Balaban J connectivity index is 2.17. The summed E-state index contributed by atoms with van der Waals surface area (Å²) in [4.78, 5) is 27.2. The second kappa shape index (κ2) is 5.83. The normalized spacial score (nSPS) is 10.2. The molecule has 0 saturated heterocycles. The van der Waals surface area contributed by atoms with E-state index in [-0.39, 0.29) is 0 Å². The molecule has 2 aromatic rings. The summed E-state index contributed by atoms with van der Waals surface area (Å²) in [5.41, 5.74) is -1.18. The van der Waals surface area contributed by atoms with Crippen LogP contribution in [0.1, 0.15) is 15.2 Å². The van der Waals surface area contributed by atoms with Crippen molar-refractivity contribution in [1.82, 2.24) is 4.98 Å². The number of rotatable bonds is 3. The minimum absolute atomic E-state index is 0.297. The summed E-state index contributed by atoms with van der Waals surface area (Å²) >= 11 is 1.21. The van der Waals surface area contributed by atoms with Crippen LogP contribution in [0, 0.1) is 18.6 Å². The maximum Gasteiger partial charge on any atom is 0.338 e. The van der Waals surface area contributed by atoms with Gasteiger partial charge in [-0.15, -0.1) is 11.3 Å². The molecular formula is C12H9F2N3O3S. The quantitative estimate of drug-likeness (QED) is 0.812. The number of halogens is 2. The van der Waals surface area contributed by atoms with E-state index in [0.717, 1.165) is 4.88 Å². The van der Waals surface area contributed by atoms with Crippen LogP contribution in [0.25, 0.3) is 0 Å². The van der Waals surface area contributed by atoms with E-state index in [2.05, 4.69) is 15.6 Å². The Morgan fingerprint density at radius 3 is 2.52 bits per heavy atom. The van der Waals surface area contributed by atoms with Gasteiger partial charge in [0.05, 0.1) is 11.3 Å². The lowest BCUT2D eigenvalue weighted by atomic mass is 10.2. The number of aromatic carboxylic acids is 1. The van der Waals surface area contributed by atoms with Crippen molar-refractivity contribution in [2.45, 2.75) is 6.92 Å². The van der Waals surface area contributed by atoms with Gasteiger partial charge in [0.15, 0.2) is 5.13 Å². The number of carboxylic acids is 1. The lowest BCUT2D eigenvalue weighted by Crippen LogP contribution is -2.20. The number of thiazole rings is 1. The van der Waals surface area contributed by atoms with Gasteiger partial charge in [0.25, 0.3) is 0 Å². The van der Waals surface area contributed by atoms with E-state index in [1.165, 1.54) is 11.3 Å². The first-order chi connectivity index (χ1) is 9.86. The molecule has 2 rings (SSSR count). The van der Waals surface area contributed by atoms with Crippen LogP contribution in [0.15, 0.2) is 18.3 Å². The van der Waals surface area contributed by atoms with Crippen LogP contribution in [-0.4, -0.2) is 22.1 Å². The number of carbonyl (C=O) groups excluding carboxylic acids is 1. The molecule has 6 nitrogen and oxygen atoms in total. The Kier molecular flexibility index (Phi) is 4.13. The van der Waals surface area contributed by atoms with Crippen molar-refractivity contribution in [3.05, 3.63) is 40.4 Å². The Hall–Kier alpha value is -2.55. The summed E-state index contributed by atoms with van der Waals surface area (Å²) in [6, 6.07) is 0.290. The van der Waals surface area contributed by atoms with Gasteiger partial charge in [0, 0.05) is 17.1 Å². The van der Waals surface area contributed by atoms with Gasteiger partial charge in [-0.3, -0.25) is 5.32 Å². The zero-order valence-corrected chi connectivity index (χ0v) is 11.4. The summed E-state index contributed by atoms with van der Waals surface area (Å²) in [6.45, 7) is 1.79. The standard InChI is InChI=1S/C12H9F2N3O3S/c1-5-4-15-12(21-5)17-11(20)16-9-2-6(10(18)19)7(13)3-8(9)14/h2-4H,1H3,(H,18,19)(H2,15,16,17,20).